The molecule has 1 saturated carbocycles. The molecule has 0 heterocycles. The van der Waals surface area contributed by atoms with Crippen molar-refractivity contribution in [3.63, 3.8) is 0 Å². The van der Waals surface area contributed by atoms with Crippen molar-refractivity contribution >= 4 is 5.97 Å². The standard InChI is InChI=1S/C23H34O5/c24-18(13-12-17-8-4-3-5-9-17)14-15-20-19(21(25)16-22(20)26)10-6-1-2-7-11-23(27)28/h1,3-6,8-9,18-22,24-26H,2,7,10-16H2,(H,27,28)/p-1/b6-1-/t18-,19+,20+,21-,22?/m0/s1. The van der Waals surface area contributed by atoms with Gasteiger partial charge in [0, 0.05) is 5.97 Å². The quantitative estimate of drug-likeness (QED) is 0.375. The largest absolute Gasteiger partial charge is 0.550 e. The Hall–Kier alpha value is -1.69. The lowest BCUT2D eigenvalue weighted by molar-refractivity contribution is -0.305. The van der Waals surface area contributed by atoms with E-state index in [0.29, 0.717) is 44.9 Å². The van der Waals surface area contributed by atoms with E-state index in [1.54, 1.807) is 0 Å². The zero-order chi connectivity index (χ0) is 20.4. The third kappa shape index (κ3) is 7.74. The first kappa shape index (κ1) is 22.6. The highest BCUT2D eigenvalue weighted by atomic mass is 16.4. The molecule has 5 heteroatoms. The monoisotopic (exact) mass is 389 g/mol. The number of aliphatic carboxylic acids is 1. The molecular formula is C23H33O5-. The van der Waals surface area contributed by atoms with Crippen LogP contribution in [-0.4, -0.2) is 39.6 Å². The molecule has 156 valence electrons. The highest BCUT2D eigenvalue weighted by molar-refractivity contribution is 5.64. The number of unbranched alkanes of at least 4 members (excludes halogenated alkanes) is 1. The first-order chi connectivity index (χ1) is 13.5. The van der Waals surface area contributed by atoms with E-state index < -0.39 is 24.3 Å². The van der Waals surface area contributed by atoms with E-state index in [2.05, 4.69) is 12.1 Å². The molecule has 5 nitrogen and oxygen atoms in total. The smallest absolute Gasteiger partial charge is 0.0599 e. The van der Waals surface area contributed by atoms with Crippen molar-refractivity contribution in [3.8, 4) is 0 Å². The molecule has 0 spiro atoms. The minimum Gasteiger partial charge on any atom is -0.550 e. The second-order valence-electron chi connectivity index (χ2n) is 7.92. The van der Waals surface area contributed by atoms with Gasteiger partial charge < -0.3 is 25.2 Å². The van der Waals surface area contributed by atoms with Crippen LogP contribution in [-0.2, 0) is 11.2 Å². The van der Waals surface area contributed by atoms with Gasteiger partial charge in [-0.2, -0.15) is 0 Å². The van der Waals surface area contributed by atoms with E-state index >= 15 is 0 Å². The highest BCUT2D eigenvalue weighted by Gasteiger charge is 2.40. The van der Waals surface area contributed by atoms with E-state index in [9.17, 15) is 25.2 Å². The fourth-order valence-electron chi connectivity index (χ4n) is 4.15. The lowest BCUT2D eigenvalue weighted by atomic mass is 9.85. The average molecular weight is 390 g/mol. The SMILES string of the molecule is O=C([O-])CCC/C=C\C[C@H]1[C@@H](O)CC(O)[C@@H]1CC[C@@H](O)CCc1ccccc1. The third-order valence-electron chi connectivity index (χ3n) is 5.79. The fourth-order valence-corrected chi connectivity index (χ4v) is 4.15. The lowest BCUT2D eigenvalue weighted by Gasteiger charge is -2.23. The van der Waals surface area contributed by atoms with Gasteiger partial charge in [0.15, 0.2) is 0 Å². The van der Waals surface area contributed by atoms with Gasteiger partial charge >= 0.3 is 0 Å². The Morgan fingerprint density at radius 3 is 2.54 bits per heavy atom. The van der Waals surface area contributed by atoms with Crippen molar-refractivity contribution in [2.75, 3.05) is 0 Å². The number of carbonyl (C=O) groups excluding carboxylic acids is 1. The van der Waals surface area contributed by atoms with Crippen LogP contribution in [0.25, 0.3) is 0 Å². The van der Waals surface area contributed by atoms with Crippen LogP contribution in [0.3, 0.4) is 0 Å². The number of carboxylic acid groups (broad SMARTS) is 1. The van der Waals surface area contributed by atoms with Gasteiger partial charge in [0.2, 0.25) is 0 Å². The van der Waals surface area contributed by atoms with Gasteiger partial charge in [-0.05, 0) is 75.2 Å². The Bertz CT molecular complexity index is 600. The molecule has 0 bridgehead atoms. The maximum Gasteiger partial charge on any atom is 0.0599 e. The summed E-state index contributed by atoms with van der Waals surface area (Å²) < 4.78 is 0. The molecule has 5 atom stereocenters. The van der Waals surface area contributed by atoms with E-state index in [1.165, 1.54) is 5.56 Å². The summed E-state index contributed by atoms with van der Waals surface area (Å²) >= 11 is 0. The van der Waals surface area contributed by atoms with Crippen molar-refractivity contribution < 1.29 is 25.2 Å². The number of aliphatic hydroxyl groups is 3. The molecule has 2 rings (SSSR count). The second kappa shape index (κ2) is 12.0. The minimum absolute atomic E-state index is 0.0192. The van der Waals surface area contributed by atoms with Gasteiger partial charge in [-0.1, -0.05) is 42.5 Å². The molecule has 28 heavy (non-hydrogen) atoms. The Morgan fingerprint density at radius 1 is 1.11 bits per heavy atom. The zero-order valence-corrected chi connectivity index (χ0v) is 16.5. The molecule has 0 amide bonds. The predicted octanol–water partition coefficient (Wildman–Crippen LogP) is 1.98. The van der Waals surface area contributed by atoms with Crippen molar-refractivity contribution in [2.45, 2.75) is 76.1 Å². The molecule has 1 aromatic carbocycles. The van der Waals surface area contributed by atoms with Gasteiger partial charge in [0.1, 0.15) is 0 Å². The van der Waals surface area contributed by atoms with Crippen LogP contribution in [0.2, 0.25) is 0 Å². The summed E-state index contributed by atoms with van der Waals surface area (Å²) in [5, 5.41) is 41.3. The number of hydrogen-bond donors (Lipinski definition) is 3. The van der Waals surface area contributed by atoms with Crippen LogP contribution < -0.4 is 5.11 Å². The van der Waals surface area contributed by atoms with Gasteiger partial charge in [-0.25, -0.2) is 0 Å². The van der Waals surface area contributed by atoms with Gasteiger partial charge in [-0.3, -0.25) is 0 Å². The Labute approximate surface area is 167 Å². The summed E-state index contributed by atoms with van der Waals surface area (Å²) in [4.78, 5) is 10.4. The summed E-state index contributed by atoms with van der Waals surface area (Å²) in [5.74, 6) is -1.07. The second-order valence-corrected chi connectivity index (χ2v) is 7.92. The molecule has 1 unspecified atom stereocenters. The molecular weight excluding hydrogens is 356 g/mol. The van der Waals surface area contributed by atoms with Crippen LogP contribution in [0.15, 0.2) is 42.5 Å². The van der Waals surface area contributed by atoms with Crippen molar-refractivity contribution in [2.24, 2.45) is 11.8 Å². The van der Waals surface area contributed by atoms with Gasteiger partial charge in [0.25, 0.3) is 0 Å². The first-order valence-electron chi connectivity index (χ1n) is 10.4. The third-order valence-corrected chi connectivity index (χ3v) is 5.79. The number of rotatable bonds is 12. The normalized spacial score (nSPS) is 26.0. The van der Waals surface area contributed by atoms with E-state index in [1.807, 2.05) is 30.4 Å². The molecule has 0 aliphatic heterocycles. The first-order valence-corrected chi connectivity index (χ1v) is 10.4. The number of benzene rings is 1. The Balaban J connectivity index is 1.74. The van der Waals surface area contributed by atoms with Crippen molar-refractivity contribution in [3.05, 3.63) is 48.0 Å². The molecule has 1 aromatic rings. The van der Waals surface area contributed by atoms with E-state index in [0.717, 1.165) is 6.42 Å². The summed E-state index contributed by atoms with van der Waals surface area (Å²) in [6.45, 7) is 0. The topological polar surface area (TPSA) is 101 Å². The van der Waals surface area contributed by atoms with Crippen LogP contribution in [0.5, 0.6) is 0 Å². The lowest BCUT2D eigenvalue weighted by Crippen LogP contribution is -2.23. The number of carboxylic acids is 1. The molecule has 1 aliphatic rings. The highest BCUT2D eigenvalue weighted by Crippen LogP contribution is 2.38. The van der Waals surface area contributed by atoms with Crippen molar-refractivity contribution in [1.82, 2.24) is 0 Å². The van der Waals surface area contributed by atoms with E-state index in [-0.39, 0.29) is 18.3 Å². The van der Waals surface area contributed by atoms with Crippen LogP contribution >= 0.6 is 0 Å². The summed E-state index contributed by atoms with van der Waals surface area (Å²) in [6.07, 6.45) is 7.58. The van der Waals surface area contributed by atoms with Crippen molar-refractivity contribution in [1.29, 1.82) is 0 Å². The minimum atomic E-state index is -1.03. The summed E-state index contributed by atoms with van der Waals surface area (Å²) in [5.41, 5.74) is 1.21. The predicted molar refractivity (Wildman–Crippen MR) is 106 cm³/mol. The van der Waals surface area contributed by atoms with Crippen LogP contribution in [0, 0.1) is 11.8 Å². The summed E-state index contributed by atoms with van der Waals surface area (Å²) in [7, 11) is 0. The van der Waals surface area contributed by atoms with Crippen LogP contribution in [0.4, 0.5) is 0 Å². The number of allylic oxidation sites excluding steroid dienone is 2. The Morgan fingerprint density at radius 2 is 1.82 bits per heavy atom. The molecule has 1 fully saturated rings. The number of hydrogen-bond acceptors (Lipinski definition) is 5. The van der Waals surface area contributed by atoms with Crippen LogP contribution in [0.1, 0.15) is 56.9 Å². The maximum atomic E-state index is 10.4. The Kier molecular flexibility index (Phi) is 9.68. The number of aryl methyl sites for hydroxylation is 1. The average Bonchev–Trinajstić information content (AvgIpc) is 2.94. The zero-order valence-electron chi connectivity index (χ0n) is 16.5. The maximum absolute atomic E-state index is 10.4. The molecule has 3 N–H and O–H groups in total. The number of aliphatic hydroxyl groups excluding tert-OH is 3. The van der Waals surface area contributed by atoms with E-state index in [4.69, 9.17) is 0 Å². The molecule has 0 radical (unpaired) electrons. The molecule has 1 aliphatic carbocycles. The van der Waals surface area contributed by atoms with Gasteiger partial charge in [-0.15, -0.1) is 0 Å². The summed E-state index contributed by atoms with van der Waals surface area (Å²) in [6, 6.07) is 10.1. The number of carbonyl (C=O) groups is 1. The van der Waals surface area contributed by atoms with Gasteiger partial charge in [0.05, 0.1) is 18.3 Å². The molecule has 0 aromatic heterocycles. The molecule has 0 saturated heterocycles. The fraction of sp³-hybridized carbons (Fsp3) is 0.609.